The SMILES string of the molecule is O=CC#CC(Cc1ccccc1)[Se]c1ccccc1. The van der Waals surface area contributed by atoms with Gasteiger partial charge >= 0.3 is 120 Å². The first-order valence-corrected chi connectivity index (χ1v) is 7.93. The second-order valence-corrected chi connectivity index (χ2v) is 6.69. The molecule has 1 atom stereocenters. The summed E-state index contributed by atoms with van der Waals surface area (Å²) in [5.41, 5.74) is 1.27. The Morgan fingerprint density at radius 2 is 1.63 bits per heavy atom. The summed E-state index contributed by atoms with van der Waals surface area (Å²) in [6.07, 6.45) is 1.58. The molecule has 0 aliphatic heterocycles. The Kier molecular flexibility index (Phi) is 5.44. The fourth-order valence-corrected chi connectivity index (χ4v) is 3.93. The van der Waals surface area contributed by atoms with E-state index in [0.29, 0.717) is 6.29 Å². The summed E-state index contributed by atoms with van der Waals surface area (Å²) >= 11 is 0.257. The molecular weight excluding hydrogens is 299 g/mol. The van der Waals surface area contributed by atoms with Gasteiger partial charge < -0.3 is 0 Å². The van der Waals surface area contributed by atoms with Crippen LogP contribution in [0.3, 0.4) is 0 Å². The quantitative estimate of drug-likeness (QED) is 0.481. The molecule has 2 heteroatoms. The summed E-state index contributed by atoms with van der Waals surface area (Å²) < 4.78 is 1.32. The zero-order valence-electron chi connectivity index (χ0n) is 10.5. The summed E-state index contributed by atoms with van der Waals surface area (Å²) in [5.74, 6) is 5.65. The van der Waals surface area contributed by atoms with Gasteiger partial charge in [-0.15, -0.1) is 0 Å². The number of benzene rings is 2. The van der Waals surface area contributed by atoms with E-state index in [1.54, 1.807) is 0 Å². The molecule has 19 heavy (non-hydrogen) atoms. The van der Waals surface area contributed by atoms with Gasteiger partial charge in [0.1, 0.15) is 0 Å². The molecule has 1 unspecified atom stereocenters. The second-order valence-electron chi connectivity index (χ2n) is 4.02. The molecule has 0 radical (unpaired) electrons. The van der Waals surface area contributed by atoms with Gasteiger partial charge in [0.2, 0.25) is 0 Å². The first kappa shape index (κ1) is 13.6. The summed E-state index contributed by atoms with van der Waals surface area (Å²) in [5, 5.41) is 0. The van der Waals surface area contributed by atoms with Gasteiger partial charge in [0.15, 0.2) is 0 Å². The molecule has 0 N–H and O–H groups in total. The number of rotatable bonds is 4. The van der Waals surface area contributed by atoms with Crippen LogP contribution in [0.15, 0.2) is 60.7 Å². The third-order valence-electron chi connectivity index (χ3n) is 2.59. The topological polar surface area (TPSA) is 17.1 Å². The Morgan fingerprint density at radius 1 is 1.00 bits per heavy atom. The molecule has 0 amide bonds. The molecule has 94 valence electrons. The minimum atomic E-state index is 0.238. The van der Waals surface area contributed by atoms with Crippen LogP contribution in [0.5, 0.6) is 0 Å². The van der Waals surface area contributed by atoms with Gasteiger partial charge in [-0.3, -0.25) is 0 Å². The van der Waals surface area contributed by atoms with Crippen molar-refractivity contribution in [2.45, 2.75) is 11.2 Å². The van der Waals surface area contributed by atoms with E-state index in [1.807, 2.05) is 36.4 Å². The summed E-state index contributed by atoms with van der Waals surface area (Å²) in [6, 6.07) is 20.7. The fourth-order valence-electron chi connectivity index (χ4n) is 1.74. The van der Waals surface area contributed by atoms with Crippen molar-refractivity contribution in [2.24, 2.45) is 0 Å². The van der Waals surface area contributed by atoms with Gasteiger partial charge in [-0.25, -0.2) is 0 Å². The third-order valence-corrected chi connectivity index (χ3v) is 4.92. The molecule has 0 aliphatic rings. The fraction of sp³-hybridized carbons (Fsp3) is 0.118. The molecule has 0 bridgehead atoms. The van der Waals surface area contributed by atoms with Crippen LogP contribution < -0.4 is 4.46 Å². The van der Waals surface area contributed by atoms with Crippen LogP contribution in [0.25, 0.3) is 0 Å². The van der Waals surface area contributed by atoms with Gasteiger partial charge in [-0.05, 0) is 0 Å². The third kappa shape index (κ3) is 4.75. The second kappa shape index (κ2) is 7.59. The van der Waals surface area contributed by atoms with Crippen molar-refractivity contribution in [3.05, 3.63) is 66.2 Å². The standard InChI is InChI=1S/C17H14OSe/c18-13-7-12-17(14-15-8-3-1-4-9-15)19-16-10-5-2-6-11-16/h1-6,8-11,13,17H,14H2. The summed E-state index contributed by atoms with van der Waals surface area (Å²) in [4.78, 5) is 10.7. The molecule has 0 spiro atoms. The van der Waals surface area contributed by atoms with Crippen LogP contribution in [-0.2, 0) is 11.2 Å². The van der Waals surface area contributed by atoms with Gasteiger partial charge in [0.25, 0.3) is 0 Å². The summed E-state index contributed by atoms with van der Waals surface area (Å²) in [6.45, 7) is 0. The molecule has 1 nitrogen and oxygen atoms in total. The van der Waals surface area contributed by atoms with Crippen molar-refractivity contribution in [1.29, 1.82) is 0 Å². The monoisotopic (exact) mass is 314 g/mol. The Balaban J connectivity index is 2.10. The molecule has 0 fully saturated rings. The molecule has 2 rings (SSSR count). The Labute approximate surface area is 120 Å². The van der Waals surface area contributed by atoms with Crippen molar-refractivity contribution >= 4 is 25.7 Å². The van der Waals surface area contributed by atoms with Crippen molar-refractivity contribution in [2.75, 3.05) is 0 Å². The van der Waals surface area contributed by atoms with E-state index in [0.717, 1.165) is 6.42 Å². The average Bonchev–Trinajstić information content (AvgIpc) is 2.47. The first-order chi connectivity index (χ1) is 9.38. The normalized spacial score (nSPS) is 11.2. The number of hydrogen-bond donors (Lipinski definition) is 0. The van der Waals surface area contributed by atoms with E-state index in [9.17, 15) is 4.79 Å². The predicted molar refractivity (Wildman–Crippen MR) is 79.6 cm³/mol. The van der Waals surface area contributed by atoms with Crippen molar-refractivity contribution in [3.63, 3.8) is 0 Å². The molecule has 2 aromatic carbocycles. The van der Waals surface area contributed by atoms with Gasteiger partial charge in [0, 0.05) is 0 Å². The Bertz CT molecular complexity index is 525. The summed E-state index contributed by atoms with van der Waals surface area (Å²) in [7, 11) is 0. The number of aldehydes is 1. The van der Waals surface area contributed by atoms with Crippen LogP contribution >= 0.6 is 0 Å². The average molecular weight is 313 g/mol. The van der Waals surface area contributed by atoms with E-state index in [2.05, 4.69) is 36.1 Å². The maximum atomic E-state index is 10.4. The van der Waals surface area contributed by atoms with E-state index >= 15 is 0 Å². The van der Waals surface area contributed by atoms with Crippen LogP contribution in [0.1, 0.15) is 5.56 Å². The van der Waals surface area contributed by atoms with Crippen LogP contribution in [-0.4, -0.2) is 21.2 Å². The number of carbonyl (C=O) groups excluding carboxylic acids is 1. The Morgan fingerprint density at radius 3 is 2.26 bits per heavy atom. The number of carbonyl (C=O) groups is 1. The first-order valence-electron chi connectivity index (χ1n) is 6.09. The van der Waals surface area contributed by atoms with E-state index in [4.69, 9.17) is 0 Å². The molecule has 0 saturated carbocycles. The molecule has 0 saturated heterocycles. The minimum absolute atomic E-state index is 0.238. The van der Waals surface area contributed by atoms with E-state index in [-0.39, 0.29) is 19.8 Å². The zero-order chi connectivity index (χ0) is 13.3. The van der Waals surface area contributed by atoms with Crippen molar-refractivity contribution in [3.8, 4) is 11.8 Å². The van der Waals surface area contributed by atoms with Gasteiger partial charge in [0.05, 0.1) is 0 Å². The van der Waals surface area contributed by atoms with Gasteiger partial charge in [-0.1, -0.05) is 0 Å². The molecule has 0 heterocycles. The van der Waals surface area contributed by atoms with Crippen molar-refractivity contribution in [1.82, 2.24) is 0 Å². The van der Waals surface area contributed by atoms with Crippen molar-refractivity contribution < 1.29 is 4.79 Å². The number of hydrogen-bond acceptors (Lipinski definition) is 1. The van der Waals surface area contributed by atoms with Gasteiger partial charge in [-0.2, -0.15) is 0 Å². The van der Waals surface area contributed by atoms with Crippen LogP contribution in [0.2, 0.25) is 4.82 Å². The van der Waals surface area contributed by atoms with E-state index in [1.165, 1.54) is 10.0 Å². The van der Waals surface area contributed by atoms with Crippen LogP contribution in [0, 0.1) is 11.8 Å². The molecule has 0 aliphatic carbocycles. The zero-order valence-corrected chi connectivity index (χ0v) is 12.2. The molecular formula is C17H14OSe. The maximum absolute atomic E-state index is 10.4. The molecule has 2 aromatic rings. The molecule has 0 aromatic heterocycles. The Hall–Kier alpha value is -1.81. The van der Waals surface area contributed by atoms with E-state index < -0.39 is 0 Å². The van der Waals surface area contributed by atoms with Crippen LogP contribution in [0.4, 0.5) is 0 Å². The predicted octanol–water partition coefficient (Wildman–Crippen LogP) is 2.25.